The Labute approximate surface area is 116 Å². The predicted molar refractivity (Wildman–Crippen MR) is 77.9 cm³/mol. The van der Waals surface area contributed by atoms with Crippen LogP contribution in [-0.2, 0) is 0 Å². The minimum Gasteiger partial charge on any atom is -0.487 e. The first-order valence-electron chi connectivity index (χ1n) is 7.26. The molecule has 1 rings (SSSR count). The van der Waals surface area contributed by atoms with Gasteiger partial charge in [0.25, 0.3) is 0 Å². The van der Waals surface area contributed by atoms with Crippen LogP contribution in [0.2, 0.25) is 0 Å². The quantitative estimate of drug-likeness (QED) is 0.699. The summed E-state index contributed by atoms with van der Waals surface area (Å²) >= 11 is 0. The van der Waals surface area contributed by atoms with Crippen molar-refractivity contribution in [2.24, 2.45) is 5.73 Å². The Morgan fingerprint density at radius 3 is 2.58 bits per heavy atom. The standard InChI is InChI=1S/C16H26FNO/c1-4-5-6-7-9-12(2)19-16-14(13(3)18)10-8-11-15(16)17/h8,10-13H,4-7,9,18H2,1-3H3/t12?,13-/m1/s1. The van der Waals surface area contributed by atoms with E-state index in [9.17, 15) is 4.39 Å². The monoisotopic (exact) mass is 267 g/mol. The molecular formula is C16H26FNO. The van der Waals surface area contributed by atoms with Crippen molar-refractivity contribution in [3.8, 4) is 5.75 Å². The molecule has 108 valence electrons. The maximum atomic E-state index is 13.8. The summed E-state index contributed by atoms with van der Waals surface area (Å²) in [5.74, 6) is -0.00398. The molecule has 2 N–H and O–H groups in total. The van der Waals surface area contributed by atoms with Gasteiger partial charge in [0, 0.05) is 11.6 Å². The van der Waals surface area contributed by atoms with Crippen molar-refractivity contribution in [2.75, 3.05) is 0 Å². The van der Waals surface area contributed by atoms with Gasteiger partial charge in [-0.2, -0.15) is 0 Å². The molecule has 0 aliphatic heterocycles. The third-order valence-corrected chi connectivity index (χ3v) is 3.27. The number of para-hydroxylation sites is 1. The molecule has 0 bridgehead atoms. The molecular weight excluding hydrogens is 241 g/mol. The lowest BCUT2D eigenvalue weighted by molar-refractivity contribution is 0.194. The van der Waals surface area contributed by atoms with Gasteiger partial charge in [0.2, 0.25) is 0 Å². The van der Waals surface area contributed by atoms with Crippen LogP contribution in [-0.4, -0.2) is 6.10 Å². The molecule has 0 radical (unpaired) electrons. The van der Waals surface area contributed by atoms with Crippen LogP contribution in [0.25, 0.3) is 0 Å². The first-order chi connectivity index (χ1) is 9.06. The lowest BCUT2D eigenvalue weighted by Gasteiger charge is -2.19. The maximum absolute atomic E-state index is 13.8. The summed E-state index contributed by atoms with van der Waals surface area (Å²) < 4.78 is 19.6. The fraction of sp³-hybridized carbons (Fsp3) is 0.625. The van der Waals surface area contributed by atoms with Crippen molar-refractivity contribution < 1.29 is 9.13 Å². The number of ether oxygens (including phenoxy) is 1. The van der Waals surface area contributed by atoms with E-state index in [1.54, 1.807) is 6.07 Å². The summed E-state index contributed by atoms with van der Waals surface area (Å²) in [7, 11) is 0. The zero-order chi connectivity index (χ0) is 14.3. The number of benzene rings is 1. The molecule has 19 heavy (non-hydrogen) atoms. The van der Waals surface area contributed by atoms with E-state index in [-0.39, 0.29) is 18.0 Å². The summed E-state index contributed by atoms with van der Waals surface area (Å²) in [6, 6.07) is 4.70. The second-order valence-corrected chi connectivity index (χ2v) is 5.22. The molecule has 2 atom stereocenters. The molecule has 0 fully saturated rings. The van der Waals surface area contributed by atoms with Crippen LogP contribution >= 0.6 is 0 Å². The summed E-state index contributed by atoms with van der Waals surface area (Å²) in [4.78, 5) is 0. The van der Waals surface area contributed by atoms with Crippen LogP contribution in [0, 0.1) is 5.82 Å². The normalized spacial score (nSPS) is 14.2. The lowest BCUT2D eigenvalue weighted by Crippen LogP contribution is -2.16. The van der Waals surface area contributed by atoms with Crippen molar-refractivity contribution in [2.45, 2.75) is 65.0 Å². The second-order valence-electron chi connectivity index (χ2n) is 5.22. The largest absolute Gasteiger partial charge is 0.487 e. The summed E-state index contributed by atoms with van der Waals surface area (Å²) in [5, 5.41) is 0. The van der Waals surface area contributed by atoms with Gasteiger partial charge in [-0.15, -0.1) is 0 Å². The van der Waals surface area contributed by atoms with E-state index >= 15 is 0 Å². The number of halogens is 1. The topological polar surface area (TPSA) is 35.2 Å². The first-order valence-corrected chi connectivity index (χ1v) is 7.26. The molecule has 0 saturated carbocycles. The average Bonchev–Trinajstić information content (AvgIpc) is 2.37. The van der Waals surface area contributed by atoms with Gasteiger partial charge in [-0.3, -0.25) is 0 Å². The SMILES string of the molecule is CCCCCCC(C)Oc1c(F)cccc1[C@@H](C)N. The van der Waals surface area contributed by atoms with Gasteiger partial charge in [-0.05, 0) is 32.8 Å². The van der Waals surface area contributed by atoms with Gasteiger partial charge < -0.3 is 10.5 Å². The lowest BCUT2D eigenvalue weighted by atomic mass is 10.1. The van der Waals surface area contributed by atoms with Crippen LogP contribution in [0.5, 0.6) is 5.75 Å². The molecule has 0 aromatic heterocycles. The maximum Gasteiger partial charge on any atom is 0.165 e. The Hall–Kier alpha value is -1.09. The van der Waals surface area contributed by atoms with Crippen molar-refractivity contribution in [3.05, 3.63) is 29.6 Å². The fourth-order valence-electron chi connectivity index (χ4n) is 2.13. The molecule has 1 unspecified atom stereocenters. The van der Waals surface area contributed by atoms with Gasteiger partial charge >= 0.3 is 0 Å². The van der Waals surface area contributed by atoms with E-state index < -0.39 is 0 Å². The molecule has 0 heterocycles. The van der Waals surface area contributed by atoms with Gasteiger partial charge in [-0.25, -0.2) is 4.39 Å². The van der Waals surface area contributed by atoms with E-state index in [4.69, 9.17) is 10.5 Å². The Bertz CT molecular complexity index is 379. The number of rotatable bonds is 8. The number of hydrogen-bond acceptors (Lipinski definition) is 2. The Balaban J connectivity index is 2.60. The Kier molecular flexibility index (Phi) is 6.85. The highest BCUT2D eigenvalue weighted by molar-refractivity contribution is 5.37. The number of unbranched alkanes of at least 4 members (excludes halogenated alkanes) is 3. The highest BCUT2D eigenvalue weighted by Gasteiger charge is 2.15. The summed E-state index contributed by atoms with van der Waals surface area (Å²) in [5.41, 5.74) is 6.59. The first kappa shape index (κ1) is 16.0. The minimum absolute atomic E-state index is 0.0197. The molecule has 0 saturated heterocycles. The van der Waals surface area contributed by atoms with Crippen molar-refractivity contribution >= 4 is 0 Å². The second kappa shape index (κ2) is 8.16. The third-order valence-electron chi connectivity index (χ3n) is 3.27. The van der Waals surface area contributed by atoms with E-state index in [0.29, 0.717) is 5.75 Å². The van der Waals surface area contributed by atoms with Crippen molar-refractivity contribution in [1.29, 1.82) is 0 Å². The molecule has 2 nitrogen and oxygen atoms in total. The van der Waals surface area contributed by atoms with E-state index in [0.717, 1.165) is 18.4 Å². The third kappa shape index (κ3) is 5.19. The van der Waals surface area contributed by atoms with Crippen LogP contribution in [0.3, 0.4) is 0 Å². The Morgan fingerprint density at radius 1 is 1.21 bits per heavy atom. The molecule has 0 amide bonds. The van der Waals surface area contributed by atoms with Crippen molar-refractivity contribution in [3.63, 3.8) is 0 Å². The van der Waals surface area contributed by atoms with E-state index in [2.05, 4.69) is 6.92 Å². The van der Waals surface area contributed by atoms with Crippen LogP contribution in [0.1, 0.15) is 64.5 Å². The van der Waals surface area contributed by atoms with E-state index in [1.165, 1.54) is 25.3 Å². The molecule has 1 aromatic rings. The summed E-state index contributed by atoms with van der Waals surface area (Å²) in [6.45, 7) is 6.02. The highest BCUT2D eigenvalue weighted by atomic mass is 19.1. The molecule has 1 aromatic carbocycles. The van der Waals surface area contributed by atoms with Gasteiger partial charge in [0.15, 0.2) is 11.6 Å². The van der Waals surface area contributed by atoms with Gasteiger partial charge in [0.05, 0.1) is 6.10 Å². The van der Waals surface area contributed by atoms with Crippen molar-refractivity contribution in [1.82, 2.24) is 0 Å². The molecule has 0 spiro atoms. The predicted octanol–water partition coefficient (Wildman–Crippen LogP) is 4.58. The number of nitrogens with two attached hydrogens (primary N) is 1. The average molecular weight is 267 g/mol. The Morgan fingerprint density at radius 2 is 1.95 bits per heavy atom. The molecule has 0 aliphatic carbocycles. The smallest absolute Gasteiger partial charge is 0.165 e. The highest BCUT2D eigenvalue weighted by Crippen LogP contribution is 2.28. The number of hydrogen-bond donors (Lipinski definition) is 1. The molecule has 0 aliphatic rings. The fourth-order valence-corrected chi connectivity index (χ4v) is 2.13. The summed E-state index contributed by atoms with van der Waals surface area (Å²) in [6.07, 6.45) is 5.77. The van der Waals surface area contributed by atoms with Gasteiger partial charge in [0.1, 0.15) is 0 Å². The van der Waals surface area contributed by atoms with Crippen LogP contribution in [0.15, 0.2) is 18.2 Å². The molecule has 3 heteroatoms. The van der Waals surface area contributed by atoms with E-state index in [1.807, 2.05) is 19.9 Å². The zero-order valence-corrected chi connectivity index (χ0v) is 12.3. The van der Waals surface area contributed by atoms with Crippen LogP contribution in [0.4, 0.5) is 4.39 Å². The minimum atomic E-state index is -0.324. The van der Waals surface area contributed by atoms with Gasteiger partial charge in [-0.1, -0.05) is 38.3 Å². The zero-order valence-electron chi connectivity index (χ0n) is 12.3. The van der Waals surface area contributed by atoms with Crippen LogP contribution < -0.4 is 10.5 Å².